The molecular formula is C43H39As2Cl2O3P3Zr. The largest absolute Gasteiger partial charge is 3.00 e. The second-order valence-electron chi connectivity index (χ2n) is 12.1. The van der Waals surface area contributed by atoms with E-state index in [9.17, 15) is 0 Å². The molecule has 0 saturated heterocycles. The average Bonchev–Trinajstić information content (AvgIpc) is 3.50. The zero-order valence-electron chi connectivity index (χ0n) is 30.0. The summed E-state index contributed by atoms with van der Waals surface area (Å²) in [7, 11) is -12.1. The van der Waals surface area contributed by atoms with Crippen LogP contribution < -0.4 is 56.6 Å². The van der Waals surface area contributed by atoms with E-state index in [2.05, 4.69) is 20.8 Å². The van der Waals surface area contributed by atoms with Crippen molar-refractivity contribution < 1.29 is 64.7 Å². The molecule has 7 rings (SSSR count). The van der Waals surface area contributed by atoms with E-state index in [1.165, 1.54) is 0 Å². The van der Waals surface area contributed by atoms with Gasteiger partial charge >= 0.3 is 88.1 Å². The number of hydrogen-bond donors (Lipinski definition) is 0. The average molecular weight is 1010 g/mol. The van der Waals surface area contributed by atoms with E-state index in [4.69, 9.17) is 0 Å². The Hall–Kier alpha value is -1.80. The van der Waals surface area contributed by atoms with Crippen molar-refractivity contribution in [1.29, 1.82) is 0 Å². The molecule has 1 aliphatic heterocycles. The van der Waals surface area contributed by atoms with Crippen molar-refractivity contribution in [2.45, 2.75) is 20.8 Å². The Morgan fingerprint density at radius 3 is 0.722 bits per heavy atom. The molecule has 1 heterocycles. The van der Waals surface area contributed by atoms with Gasteiger partial charge in [0.25, 0.3) is 0 Å². The minimum atomic E-state index is -4.05. The van der Waals surface area contributed by atoms with Crippen LogP contribution in [-0.2, 0) is 39.9 Å². The summed E-state index contributed by atoms with van der Waals surface area (Å²) in [5.41, 5.74) is 1.63. The van der Waals surface area contributed by atoms with Crippen molar-refractivity contribution in [3.8, 4) is 0 Å². The monoisotopic (exact) mass is 1010 g/mol. The first-order chi connectivity index (χ1) is 24.7. The zero-order chi connectivity index (χ0) is 35.9. The first kappa shape index (κ1) is 46.6. The van der Waals surface area contributed by atoms with Crippen LogP contribution in [0.15, 0.2) is 192 Å². The van der Waals surface area contributed by atoms with Gasteiger partial charge in [0.1, 0.15) is 0 Å². The first-order valence-corrected chi connectivity index (χ1v) is 28.9. The van der Waals surface area contributed by atoms with Gasteiger partial charge in [0, 0.05) is 21.4 Å². The van der Waals surface area contributed by atoms with Gasteiger partial charge in [0.2, 0.25) is 0 Å². The molecule has 0 atom stereocenters. The van der Waals surface area contributed by atoms with Gasteiger partial charge in [-0.25, -0.2) is 0 Å². The standard InChI is InChI=1S/C37H30O3P3.C6H9As2.2ClH.Zr/c38-41(31-19-7-1-8-20-31,32-21-9-2-10-22-32)37(42(39,33-23-11-3-12-24-33)34-25-13-4-14-26-34)43(40,35-27-15-5-16-28-35)36-29-17-6-18-30-36;1-4-5(2)7-8-6(4)3;;;/h1-30H;1-3H3;2*1H;/q-1;;;;+3/p-2. The molecule has 0 N–H and O–H groups in total. The van der Waals surface area contributed by atoms with Crippen molar-refractivity contribution in [2.75, 3.05) is 0 Å². The fourth-order valence-corrected chi connectivity index (χ4v) is 29.8. The van der Waals surface area contributed by atoms with Crippen LogP contribution in [0.1, 0.15) is 20.8 Å². The van der Waals surface area contributed by atoms with Crippen molar-refractivity contribution in [2.24, 2.45) is 0 Å². The van der Waals surface area contributed by atoms with Gasteiger partial charge in [-0.3, -0.25) is 0 Å². The van der Waals surface area contributed by atoms with E-state index in [1.807, 2.05) is 109 Å². The minimum absolute atomic E-state index is 0. The van der Waals surface area contributed by atoms with Crippen molar-refractivity contribution >= 4 is 84.5 Å². The molecule has 1 aliphatic rings. The van der Waals surface area contributed by atoms with Gasteiger partial charge in [-0.05, 0) is 31.8 Å². The van der Waals surface area contributed by atoms with Gasteiger partial charge in [0.15, 0.2) is 0 Å². The number of benzene rings is 6. The molecular weight excluding hydrogens is 969 g/mol. The molecule has 0 fully saturated rings. The molecule has 0 bridgehead atoms. The minimum Gasteiger partial charge on any atom is -1.00 e. The van der Waals surface area contributed by atoms with E-state index in [-0.39, 0.29) is 56.2 Å². The smallest absolute Gasteiger partial charge is 1.00 e. The van der Waals surface area contributed by atoms with Crippen molar-refractivity contribution in [3.63, 3.8) is 0 Å². The second-order valence-corrected chi connectivity index (χ2v) is 29.3. The molecule has 54 heavy (non-hydrogen) atoms. The molecule has 6 aromatic rings. The first-order valence-electron chi connectivity index (χ1n) is 16.7. The molecule has 0 amide bonds. The summed E-state index contributed by atoms with van der Waals surface area (Å²) in [4.78, 5) is 0. The quantitative estimate of drug-likeness (QED) is 0.127. The third-order valence-corrected chi connectivity index (χ3v) is 32.4. The normalized spacial score (nSPS) is 13.4. The Labute approximate surface area is 363 Å². The maximum Gasteiger partial charge on any atom is 3.00 e. The summed E-state index contributed by atoms with van der Waals surface area (Å²) in [6, 6.07) is 54.7. The maximum absolute atomic E-state index is 16.5. The molecule has 0 aliphatic carbocycles. The maximum atomic E-state index is 16.5. The predicted molar refractivity (Wildman–Crippen MR) is 223 cm³/mol. The van der Waals surface area contributed by atoms with Gasteiger partial charge in [-0.2, -0.15) is 0 Å². The molecule has 0 saturated carbocycles. The summed E-state index contributed by atoms with van der Waals surface area (Å²) >= 11 is 1.33. The molecule has 11 heteroatoms. The summed E-state index contributed by atoms with van der Waals surface area (Å²) in [5.74, 6) is 0. The van der Waals surface area contributed by atoms with Crippen LogP contribution in [0, 0.1) is 5.14 Å². The summed E-state index contributed by atoms with van der Waals surface area (Å²) in [5, 5.41) is 2.96. The number of hydrogen-bond acceptors (Lipinski definition) is 3. The summed E-state index contributed by atoms with van der Waals surface area (Å²) < 4.78 is 53.0. The summed E-state index contributed by atoms with van der Waals surface area (Å²) in [6.07, 6.45) is 0. The molecule has 2 radical (unpaired) electrons. The van der Waals surface area contributed by atoms with Crippen LogP contribution in [0.3, 0.4) is 0 Å². The Kier molecular flexibility index (Phi) is 18.2. The zero-order valence-corrected chi connectivity index (χ0v) is 40.4. The Morgan fingerprint density at radius 1 is 0.389 bits per heavy atom. The van der Waals surface area contributed by atoms with Gasteiger partial charge in [-0.15, -0.1) is 0 Å². The predicted octanol–water partition coefficient (Wildman–Crippen LogP) is 2.29. The van der Waals surface area contributed by atoms with Crippen LogP contribution in [0.25, 0.3) is 0 Å². The van der Waals surface area contributed by atoms with E-state index in [0.29, 0.717) is 58.8 Å². The molecule has 0 spiro atoms. The topological polar surface area (TPSA) is 51.2 Å². The van der Waals surface area contributed by atoms with Gasteiger partial charge in [0.05, 0.1) is 0 Å². The Balaban J connectivity index is 0.000000635. The van der Waals surface area contributed by atoms with Gasteiger partial charge < -0.3 is 38.5 Å². The van der Waals surface area contributed by atoms with Crippen LogP contribution >= 0.6 is 21.4 Å². The van der Waals surface area contributed by atoms with Crippen LogP contribution in [-0.4, -0.2) is 31.2 Å². The van der Waals surface area contributed by atoms with E-state index >= 15 is 13.7 Å². The molecule has 3 nitrogen and oxygen atoms in total. The van der Waals surface area contributed by atoms with Crippen molar-refractivity contribution in [3.05, 3.63) is 197 Å². The second kappa shape index (κ2) is 21.1. The van der Waals surface area contributed by atoms with Crippen LogP contribution in [0.5, 0.6) is 0 Å². The van der Waals surface area contributed by atoms with Crippen molar-refractivity contribution in [1.82, 2.24) is 0 Å². The number of rotatable bonds is 9. The fourth-order valence-electron chi connectivity index (χ4n) is 6.12. The summed E-state index contributed by atoms with van der Waals surface area (Å²) in [6.45, 7) is 6.85. The van der Waals surface area contributed by atoms with Gasteiger partial charge in [-0.1, -0.05) is 187 Å². The molecule has 6 aromatic carbocycles. The third kappa shape index (κ3) is 9.48. The van der Waals surface area contributed by atoms with E-state index in [0.717, 1.165) is 0 Å². The van der Waals surface area contributed by atoms with E-state index in [1.54, 1.807) is 87.0 Å². The third-order valence-electron chi connectivity index (χ3n) is 9.00. The number of halogens is 2. The molecule has 0 unspecified atom stereocenters. The SMILES string of the molecule is CC1=[As][As]C(C)=C1C.O=P(c1ccccc1)(c1ccccc1)[C-](P(=O)(c1ccccc1)c1ccccc1)P(=O)(c1ccccc1)c1ccccc1.[Cl-].[Cl-].[Zr+3]. The Bertz CT molecular complexity index is 1930. The van der Waals surface area contributed by atoms with Crippen LogP contribution in [0.2, 0.25) is 0 Å². The van der Waals surface area contributed by atoms with Crippen LogP contribution in [0.4, 0.5) is 0 Å². The van der Waals surface area contributed by atoms with E-state index < -0.39 is 21.4 Å². The fraction of sp³-hybridized carbons (Fsp3) is 0.0698. The molecule has 272 valence electrons. The molecule has 0 aromatic heterocycles. The number of allylic oxidation sites excluding steroid dienone is 2. The Morgan fingerprint density at radius 2 is 0.593 bits per heavy atom.